The van der Waals surface area contributed by atoms with Gasteiger partial charge in [-0.15, -0.1) is 0 Å². The van der Waals surface area contributed by atoms with Crippen LogP contribution in [0.5, 0.6) is 0 Å². The standard InChI is InChI=1S/C18H23N5O3/c1-11(2)23-12(3)8-15(21-23)17(25)20-14-7-5-6-13(9-14)18(26)22(4)10-16(19)24/h5-9,11H,10H2,1-4H3,(H2,19,24)(H,20,25). The molecular weight excluding hydrogens is 334 g/mol. The van der Waals surface area contributed by atoms with Gasteiger partial charge in [-0.2, -0.15) is 5.10 Å². The minimum absolute atomic E-state index is 0.151. The molecule has 26 heavy (non-hydrogen) atoms. The van der Waals surface area contributed by atoms with Gasteiger partial charge in [0.1, 0.15) is 0 Å². The second-order valence-corrected chi connectivity index (χ2v) is 6.37. The average Bonchev–Trinajstić information content (AvgIpc) is 2.96. The highest BCUT2D eigenvalue weighted by molar-refractivity contribution is 6.04. The van der Waals surface area contributed by atoms with Crippen molar-refractivity contribution in [2.45, 2.75) is 26.8 Å². The Morgan fingerprint density at radius 2 is 1.96 bits per heavy atom. The van der Waals surface area contributed by atoms with E-state index in [0.717, 1.165) is 5.69 Å². The van der Waals surface area contributed by atoms with Crippen molar-refractivity contribution in [1.82, 2.24) is 14.7 Å². The fourth-order valence-electron chi connectivity index (χ4n) is 2.57. The molecule has 0 saturated heterocycles. The van der Waals surface area contributed by atoms with Crippen LogP contribution in [0.4, 0.5) is 5.69 Å². The van der Waals surface area contributed by atoms with Gasteiger partial charge in [0.2, 0.25) is 5.91 Å². The zero-order valence-corrected chi connectivity index (χ0v) is 15.3. The molecule has 0 aliphatic carbocycles. The molecular formula is C18H23N5O3. The maximum atomic E-state index is 12.4. The van der Waals surface area contributed by atoms with Crippen molar-refractivity contribution in [3.63, 3.8) is 0 Å². The third-order valence-corrected chi connectivity index (χ3v) is 3.75. The van der Waals surface area contributed by atoms with Gasteiger partial charge in [0, 0.05) is 30.0 Å². The zero-order valence-electron chi connectivity index (χ0n) is 15.3. The molecule has 3 amide bonds. The lowest BCUT2D eigenvalue weighted by Crippen LogP contribution is -2.35. The molecule has 0 saturated carbocycles. The van der Waals surface area contributed by atoms with Crippen LogP contribution >= 0.6 is 0 Å². The van der Waals surface area contributed by atoms with Gasteiger partial charge >= 0.3 is 0 Å². The molecule has 0 unspecified atom stereocenters. The Hall–Kier alpha value is -3.16. The first-order valence-corrected chi connectivity index (χ1v) is 8.20. The summed E-state index contributed by atoms with van der Waals surface area (Å²) in [4.78, 5) is 36.9. The van der Waals surface area contributed by atoms with Crippen LogP contribution in [-0.2, 0) is 4.79 Å². The maximum absolute atomic E-state index is 12.4. The molecule has 1 aromatic heterocycles. The Labute approximate surface area is 152 Å². The fraction of sp³-hybridized carbons (Fsp3) is 0.333. The smallest absolute Gasteiger partial charge is 0.276 e. The van der Waals surface area contributed by atoms with Gasteiger partial charge in [-0.25, -0.2) is 0 Å². The molecule has 1 aromatic carbocycles. The highest BCUT2D eigenvalue weighted by Gasteiger charge is 2.16. The Kier molecular flexibility index (Phi) is 5.76. The molecule has 138 valence electrons. The molecule has 2 aromatic rings. The van der Waals surface area contributed by atoms with E-state index < -0.39 is 5.91 Å². The summed E-state index contributed by atoms with van der Waals surface area (Å²) in [5, 5.41) is 7.04. The molecule has 8 heteroatoms. The van der Waals surface area contributed by atoms with Crippen LogP contribution in [0, 0.1) is 6.92 Å². The summed E-state index contributed by atoms with van der Waals surface area (Å²) in [5.41, 5.74) is 7.11. The second kappa shape index (κ2) is 7.81. The predicted octanol–water partition coefficient (Wildman–Crippen LogP) is 1.58. The molecule has 2 rings (SSSR count). The Bertz CT molecular complexity index is 841. The van der Waals surface area contributed by atoms with Crippen LogP contribution in [0.3, 0.4) is 0 Å². The Balaban J connectivity index is 2.15. The first-order chi connectivity index (χ1) is 12.2. The van der Waals surface area contributed by atoms with Crippen LogP contribution in [0.2, 0.25) is 0 Å². The average molecular weight is 357 g/mol. The van der Waals surface area contributed by atoms with Crippen LogP contribution < -0.4 is 11.1 Å². The number of amides is 3. The van der Waals surface area contributed by atoms with Crippen LogP contribution in [0.25, 0.3) is 0 Å². The molecule has 0 aliphatic heterocycles. The number of hydrogen-bond donors (Lipinski definition) is 2. The highest BCUT2D eigenvalue weighted by atomic mass is 16.2. The Morgan fingerprint density at radius 1 is 1.27 bits per heavy atom. The summed E-state index contributed by atoms with van der Waals surface area (Å²) in [6.45, 7) is 5.68. The third kappa shape index (κ3) is 4.47. The van der Waals surface area contributed by atoms with E-state index in [4.69, 9.17) is 5.73 Å². The van der Waals surface area contributed by atoms with E-state index >= 15 is 0 Å². The normalized spacial score (nSPS) is 10.7. The van der Waals surface area contributed by atoms with Gasteiger partial charge in [0.25, 0.3) is 11.8 Å². The van der Waals surface area contributed by atoms with Crippen molar-refractivity contribution in [3.05, 3.63) is 47.3 Å². The van der Waals surface area contributed by atoms with E-state index in [1.165, 1.54) is 11.9 Å². The summed E-state index contributed by atoms with van der Waals surface area (Å²) in [6.07, 6.45) is 0. The van der Waals surface area contributed by atoms with Crippen molar-refractivity contribution < 1.29 is 14.4 Å². The highest BCUT2D eigenvalue weighted by Crippen LogP contribution is 2.15. The Morgan fingerprint density at radius 3 is 2.54 bits per heavy atom. The molecule has 0 spiro atoms. The minimum Gasteiger partial charge on any atom is -0.368 e. The molecule has 1 heterocycles. The summed E-state index contributed by atoms with van der Waals surface area (Å²) in [7, 11) is 1.49. The lowest BCUT2D eigenvalue weighted by atomic mass is 10.1. The van der Waals surface area contributed by atoms with Crippen LogP contribution in [-0.4, -0.2) is 46.0 Å². The molecule has 0 fully saturated rings. The number of nitrogens with two attached hydrogens (primary N) is 1. The number of likely N-dealkylation sites (N-methyl/N-ethyl adjacent to an activating group) is 1. The SMILES string of the molecule is Cc1cc(C(=O)Nc2cccc(C(=O)N(C)CC(N)=O)c2)nn1C(C)C. The largest absolute Gasteiger partial charge is 0.368 e. The van der Waals surface area contributed by atoms with Gasteiger partial charge in [0.05, 0.1) is 6.54 Å². The van der Waals surface area contributed by atoms with E-state index in [9.17, 15) is 14.4 Å². The van der Waals surface area contributed by atoms with Crippen molar-refractivity contribution in [3.8, 4) is 0 Å². The zero-order chi connectivity index (χ0) is 19.4. The fourth-order valence-corrected chi connectivity index (χ4v) is 2.57. The molecule has 3 N–H and O–H groups in total. The van der Waals surface area contributed by atoms with Crippen LogP contribution in [0.15, 0.2) is 30.3 Å². The van der Waals surface area contributed by atoms with Crippen LogP contribution in [0.1, 0.15) is 46.4 Å². The van der Waals surface area contributed by atoms with Gasteiger partial charge in [0.15, 0.2) is 5.69 Å². The third-order valence-electron chi connectivity index (χ3n) is 3.75. The molecule has 0 bridgehead atoms. The number of nitrogens with one attached hydrogen (secondary N) is 1. The van der Waals surface area contributed by atoms with E-state index in [-0.39, 0.29) is 24.4 Å². The number of aromatic nitrogens is 2. The number of carbonyl (C=O) groups excluding carboxylic acids is 3. The molecule has 0 aliphatic rings. The molecule has 8 nitrogen and oxygen atoms in total. The van der Waals surface area contributed by atoms with Gasteiger partial charge < -0.3 is 16.0 Å². The van der Waals surface area contributed by atoms with Crippen molar-refractivity contribution in [2.75, 3.05) is 18.9 Å². The second-order valence-electron chi connectivity index (χ2n) is 6.37. The summed E-state index contributed by atoms with van der Waals surface area (Å²) in [6, 6.07) is 8.34. The first-order valence-electron chi connectivity index (χ1n) is 8.20. The predicted molar refractivity (Wildman–Crippen MR) is 97.9 cm³/mol. The maximum Gasteiger partial charge on any atom is 0.276 e. The van der Waals surface area contributed by atoms with E-state index in [1.54, 1.807) is 35.0 Å². The number of anilines is 1. The minimum atomic E-state index is -0.596. The summed E-state index contributed by atoms with van der Waals surface area (Å²) >= 11 is 0. The number of rotatable bonds is 6. The lowest BCUT2D eigenvalue weighted by molar-refractivity contribution is -0.118. The topological polar surface area (TPSA) is 110 Å². The quantitative estimate of drug-likeness (QED) is 0.818. The van der Waals surface area contributed by atoms with Gasteiger partial charge in [-0.1, -0.05) is 6.07 Å². The number of carbonyl (C=O) groups is 3. The first kappa shape index (κ1) is 19.2. The van der Waals surface area contributed by atoms with E-state index in [2.05, 4.69) is 10.4 Å². The summed E-state index contributed by atoms with van der Waals surface area (Å²) < 4.78 is 1.77. The number of nitrogens with zero attached hydrogens (tertiary/aromatic N) is 3. The monoisotopic (exact) mass is 357 g/mol. The van der Waals surface area contributed by atoms with E-state index in [1.807, 2.05) is 20.8 Å². The molecule has 0 atom stereocenters. The number of primary amides is 1. The molecule has 0 radical (unpaired) electrons. The number of benzene rings is 1. The number of hydrogen-bond acceptors (Lipinski definition) is 4. The van der Waals surface area contributed by atoms with E-state index in [0.29, 0.717) is 16.9 Å². The number of aryl methyl sites for hydroxylation is 1. The van der Waals surface area contributed by atoms with Crippen molar-refractivity contribution in [2.24, 2.45) is 5.73 Å². The summed E-state index contributed by atoms with van der Waals surface area (Å²) in [5.74, 6) is -1.32. The van der Waals surface area contributed by atoms with Gasteiger partial charge in [-0.3, -0.25) is 19.1 Å². The van der Waals surface area contributed by atoms with Gasteiger partial charge in [-0.05, 0) is 45.0 Å². The van der Waals surface area contributed by atoms with Crippen molar-refractivity contribution >= 4 is 23.4 Å². The van der Waals surface area contributed by atoms with Crippen molar-refractivity contribution in [1.29, 1.82) is 0 Å². The lowest BCUT2D eigenvalue weighted by Gasteiger charge is -2.15.